The zero-order valence-electron chi connectivity index (χ0n) is 10.2. The quantitative estimate of drug-likeness (QED) is 0.678. The van der Waals surface area contributed by atoms with Gasteiger partial charge in [-0.2, -0.15) is 11.8 Å². The van der Waals surface area contributed by atoms with Crippen molar-refractivity contribution in [2.75, 3.05) is 37.0 Å². The molecule has 0 aliphatic carbocycles. The second kappa shape index (κ2) is 6.61. The summed E-state index contributed by atoms with van der Waals surface area (Å²) in [7, 11) is -3.13. The average Bonchev–Trinajstić information content (AvgIpc) is 2.30. The molecule has 0 bridgehead atoms. The molecule has 1 aliphatic heterocycles. The van der Waals surface area contributed by atoms with Crippen LogP contribution in [0.5, 0.6) is 0 Å². The molecule has 0 spiro atoms. The van der Waals surface area contributed by atoms with E-state index in [0.717, 1.165) is 5.75 Å². The van der Waals surface area contributed by atoms with Crippen LogP contribution in [0.3, 0.4) is 0 Å². The number of sulfone groups is 1. The van der Waals surface area contributed by atoms with Crippen LogP contribution < -0.4 is 0 Å². The van der Waals surface area contributed by atoms with Crippen LogP contribution in [-0.2, 0) is 19.4 Å². The van der Waals surface area contributed by atoms with E-state index in [2.05, 4.69) is 0 Å². The molecule has 5 nitrogen and oxygen atoms in total. The molecule has 1 aliphatic rings. The molecule has 1 unspecified atom stereocenters. The Morgan fingerprint density at radius 1 is 1.47 bits per heavy atom. The lowest BCUT2D eigenvalue weighted by atomic mass is 10.4. The maximum absolute atomic E-state index is 11.9. The molecule has 1 fully saturated rings. The topological polar surface area (TPSA) is 63.7 Å². The second-order valence-corrected chi connectivity index (χ2v) is 7.35. The van der Waals surface area contributed by atoms with Crippen molar-refractivity contribution in [1.29, 1.82) is 0 Å². The van der Waals surface area contributed by atoms with E-state index in [-0.39, 0.29) is 18.3 Å². The summed E-state index contributed by atoms with van der Waals surface area (Å²) in [5.74, 6) is 1.15. The molecule has 0 amide bonds. The van der Waals surface area contributed by atoms with Gasteiger partial charge in [-0.15, -0.1) is 0 Å². The molecular formula is C10H19NO4S2. The van der Waals surface area contributed by atoms with Gasteiger partial charge in [-0.3, -0.25) is 9.69 Å². The fourth-order valence-electron chi connectivity index (χ4n) is 1.69. The molecule has 100 valence electrons. The van der Waals surface area contributed by atoms with Gasteiger partial charge in [-0.25, -0.2) is 8.42 Å². The van der Waals surface area contributed by atoms with Gasteiger partial charge in [0.1, 0.15) is 5.37 Å². The van der Waals surface area contributed by atoms with Gasteiger partial charge in [0.25, 0.3) is 0 Å². The molecule has 1 rings (SSSR count). The highest BCUT2D eigenvalue weighted by molar-refractivity contribution is 8.01. The SMILES string of the molecule is CCOC(=O)CN1CCSCC1S(=O)(=O)CC. The van der Waals surface area contributed by atoms with Gasteiger partial charge in [0.15, 0.2) is 9.84 Å². The van der Waals surface area contributed by atoms with Gasteiger partial charge in [0, 0.05) is 23.8 Å². The van der Waals surface area contributed by atoms with E-state index in [1.165, 1.54) is 0 Å². The standard InChI is InChI=1S/C10H19NO4S2/c1-3-15-10(12)7-11-5-6-16-8-9(11)17(13,14)4-2/h9H,3-8H2,1-2H3. The minimum absolute atomic E-state index is 0.0678. The fraction of sp³-hybridized carbons (Fsp3) is 0.900. The Bertz CT molecular complexity index is 355. The van der Waals surface area contributed by atoms with Crippen LogP contribution in [0.15, 0.2) is 0 Å². The first kappa shape index (κ1) is 14.8. The summed E-state index contributed by atoms with van der Waals surface area (Å²) in [6.07, 6.45) is 0. The first-order valence-corrected chi connectivity index (χ1v) is 8.57. The molecule has 1 heterocycles. The maximum atomic E-state index is 11.9. The molecule has 1 atom stereocenters. The maximum Gasteiger partial charge on any atom is 0.320 e. The Balaban J connectivity index is 2.70. The van der Waals surface area contributed by atoms with Crippen molar-refractivity contribution >= 4 is 27.6 Å². The monoisotopic (exact) mass is 281 g/mol. The molecule has 0 radical (unpaired) electrons. The van der Waals surface area contributed by atoms with Crippen LogP contribution in [0.1, 0.15) is 13.8 Å². The first-order chi connectivity index (χ1) is 8.01. The van der Waals surface area contributed by atoms with E-state index in [1.54, 1.807) is 30.5 Å². The number of hydrogen-bond donors (Lipinski definition) is 0. The van der Waals surface area contributed by atoms with Crippen LogP contribution in [-0.4, -0.2) is 61.6 Å². The van der Waals surface area contributed by atoms with Crippen LogP contribution in [0.2, 0.25) is 0 Å². The van der Waals surface area contributed by atoms with Crippen molar-refractivity contribution in [3.8, 4) is 0 Å². The lowest BCUT2D eigenvalue weighted by molar-refractivity contribution is -0.144. The van der Waals surface area contributed by atoms with Crippen LogP contribution in [0.25, 0.3) is 0 Å². The van der Waals surface area contributed by atoms with Crippen LogP contribution in [0.4, 0.5) is 0 Å². The van der Waals surface area contributed by atoms with E-state index in [4.69, 9.17) is 4.74 Å². The second-order valence-electron chi connectivity index (χ2n) is 3.76. The number of nitrogens with zero attached hydrogens (tertiary/aromatic N) is 1. The summed E-state index contributed by atoms with van der Waals surface area (Å²) in [6, 6.07) is 0. The van der Waals surface area contributed by atoms with Crippen LogP contribution >= 0.6 is 11.8 Å². The summed E-state index contributed by atoms with van der Waals surface area (Å²) in [5.41, 5.74) is 0. The Morgan fingerprint density at radius 3 is 2.76 bits per heavy atom. The highest BCUT2D eigenvalue weighted by Gasteiger charge is 2.33. The Hall–Kier alpha value is -0.270. The van der Waals surface area contributed by atoms with Gasteiger partial charge >= 0.3 is 5.97 Å². The van der Waals surface area contributed by atoms with Crippen molar-refractivity contribution < 1.29 is 17.9 Å². The van der Waals surface area contributed by atoms with E-state index in [0.29, 0.717) is 18.9 Å². The minimum Gasteiger partial charge on any atom is -0.465 e. The summed E-state index contributed by atoms with van der Waals surface area (Å²) in [6.45, 7) is 4.39. The van der Waals surface area contributed by atoms with Gasteiger partial charge in [-0.1, -0.05) is 6.92 Å². The largest absolute Gasteiger partial charge is 0.465 e. The third-order valence-electron chi connectivity index (χ3n) is 2.64. The van der Waals surface area contributed by atoms with E-state index >= 15 is 0 Å². The number of carbonyl (C=O) groups is 1. The van der Waals surface area contributed by atoms with E-state index < -0.39 is 15.2 Å². The summed E-state index contributed by atoms with van der Waals surface area (Å²) >= 11 is 1.62. The van der Waals surface area contributed by atoms with Gasteiger partial charge in [0.05, 0.1) is 13.2 Å². The average molecular weight is 281 g/mol. The van der Waals surface area contributed by atoms with Crippen molar-refractivity contribution in [2.45, 2.75) is 19.2 Å². The number of carbonyl (C=O) groups excluding carboxylic acids is 1. The number of thioether (sulfide) groups is 1. The fourth-order valence-corrected chi connectivity index (χ4v) is 4.77. The molecule has 1 saturated heterocycles. The third kappa shape index (κ3) is 4.15. The zero-order valence-corrected chi connectivity index (χ0v) is 11.8. The van der Waals surface area contributed by atoms with E-state index in [1.807, 2.05) is 0 Å². The number of rotatable bonds is 5. The summed E-state index contributed by atoms with van der Waals surface area (Å²) in [5, 5.41) is -0.546. The zero-order chi connectivity index (χ0) is 12.9. The molecular weight excluding hydrogens is 262 g/mol. The summed E-state index contributed by atoms with van der Waals surface area (Å²) in [4.78, 5) is 13.1. The highest BCUT2D eigenvalue weighted by atomic mass is 32.2. The predicted octanol–water partition coefficient (Wildman–Crippen LogP) is 0.359. The van der Waals surface area contributed by atoms with Gasteiger partial charge in [-0.05, 0) is 6.92 Å². The molecule has 0 aromatic carbocycles. The van der Waals surface area contributed by atoms with Crippen molar-refractivity contribution in [1.82, 2.24) is 4.90 Å². The molecule has 17 heavy (non-hydrogen) atoms. The molecule has 0 aromatic heterocycles. The summed E-state index contributed by atoms with van der Waals surface area (Å²) < 4.78 is 28.7. The Labute approximate surface area is 107 Å². The first-order valence-electron chi connectivity index (χ1n) is 5.70. The van der Waals surface area contributed by atoms with Crippen molar-refractivity contribution in [2.24, 2.45) is 0 Å². The number of ether oxygens (including phenoxy) is 1. The number of hydrogen-bond acceptors (Lipinski definition) is 6. The van der Waals surface area contributed by atoms with E-state index in [9.17, 15) is 13.2 Å². The number of esters is 1. The van der Waals surface area contributed by atoms with Gasteiger partial charge < -0.3 is 4.74 Å². The normalized spacial score (nSPS) is 22.4. The predicted molar refractivity (Wildman–Crippen MR) is 68.8 cm³/mol. The van der Waals surface area contributed by atoms with Gasteiger partial charge in [0.2, 0.25) is 0 Å². The minimum atomic E-state index is -3.13. The lowest BCUT2D eigenvalue weighted by Gasteiger charge is -2.33. The van der Waals surface area contributed by atoms with Crippen LogP contribution in [0, 0.1) is 0 Å². The Kier molecular flexibility index (Phi) is 5.75. The van der Waals surface area contributed by atoms with Crippen molar-refractivity contribution in [3.05, 3.63) is 0 Å². The Morgan fingerprint density at radius 2 is 2.18 bits per heavy atom. The highest BCUT2D eigenvalue weighted by Crippen LogP contribution is 2.21. The molecule has 0 aromatic rings. The lowest BCUT2D eigenvalue weighted by Crippen LogP contribution is -2.49. The molecule has 0 N–H and O–H groups in total. The molecule has 0 saturated carbocycles. The molecule has 7 heteroatoms. The third-order valence-corrected chi connectivity index (χ3v) is 5.98. The smallest absolute Gasteiger partial charge is 0.320 e. The van der Waals surface area contributed by atoms with Crippen molar-refractivity contribution in [3.63, 3.8) is 0 Å².